The van der Waals surface area contributed by atoms with E-state index in [9.17, 15) is 4.21 Å². The van der Waals surface area contributed by atoms with Gasteiger partial charge in [-0.25, -0.2) is 4.21 Å². The van der Waals surface area contributed by atoms with Crippen LogP contribution in [0.3, 0.4) is 0 Å². The molecule has 2 rings (SSSR count). The van der Waals surface area contributed by atoms with Gasteiger partial charge >= 0.3 is 0 Å². The van der Waals surface area contributed by atoms with Crippen molar-refractivity contribution in [2.75, 3.05) is 0 Å². The predicted octanol–water partition coefficient (Wildman–Crippen LogP) is 3.44. The van der Waals surface area contributed by atoms with Crippen LogP contribution >= 0.6 is 11.6 Å². The fourth-order valence-corrected chi connectivity index (χ4v) is 2.12. The lowest BCUT2D eigenvalue weighted by molar-refractivity contribution is 0.562. The van der Waals surface area contributed by atoms with Crippen LogP contribution in [0.1, 0.15) is 0 Å². The second-order valence-electron chi connectivity index (χ2n) is 3.09. The minimum atomic E-state index is -1.50. The molecule has 0 aromatic heterocycles. The van der Waals surface area contributed by atoms with Gasteiger partial charge in [0.1, 0.15) is 5.75 Å². The third-order valence-corrected chi connectivity index (χ3v) is 3.14. The molecule has 1 atom stereocenters. The number of hydrogen-bond acceptors (Lipinski definition) is 2. The van der Waals surface area contributed by atoms with Crippen LogP contribution in [-0.4, -0.2) is 4.21 Å². The van der Waals surface area contributed by atoms with Crippen molar-refractivity contribution < 1.29 is 8.39 Å². The average molecular weight is 253 g/mol. The van der Waals surface area contributed by atoms with Gasteiger partial charge in [-0.05, 0) is 24.3 Å². The maximum atomic E-state index is 11.8. The monoisotopic (exact) mass is 252 g/mol. The van der Waals surface area contributed by atoms with Crippen molar-refractivity contribution >= 4 is 22.7 Å². The Morgan fingerprint density at radius 2 is 1.75 bits per heavy atom. The molecule has 0 amide bonds. The van der Waals surface area contributed by atoms with Gasteiger partial charge in [-0.3, -0.25) is 0 Å². The lowest BCUT2D eigenvalue weighted by Gasteiger charge is -2.04. The first kappa shape index (κ1) is 11.2. The van der Waals surface area contributed by atoms with Gasteiger partial charge in [-0.15, -0.1) is 0 Å². The van der Waals surface area contributed by atoms with Crippen LogP contribution in [0.2, 0.25) is 5.02 Å². The van der Waals surface area contributed by atoms with E-state index in [1.165, 1.54) is 0 Å². The first-order valence-electron chi connectivity index (χ1n) is 4.66. The summed E-state index contributed by atoms with van der Waals surface area (Å²) < 4.78 is 17.0. The van der Waals surface area contributed by atoms with Gasteiger partial charge in [0.25, 0.3) is 0 Å². The fourth-order valence-electron chi connectivity index (χ4n) is 1.19. The van der Waals surface area contributed by atoms with Crippen LogP contribution in [0.15, 0.2) is 59.5 Å². The summed E-state index contributed by atoms with van der Waals surface area (Å²) in [5.74, 6) is 0.495. The van der Waals surface area contributed by atoms with Crippen molar-refractivity contribution in [1.82, 2.24) is 0 Å². The lowest BCUT2D eigenvalue weighted by Crippen LogP contribution is -2.00. The highest BCUT2D eigenvalue weighted by Crippen LogP contribution is 2.19. The van der Waals surface area contributed by atoms with E-state index in [2.05, 4.69) is 0 Å². The molecule has 2 aromatic carbocycles. The summed E-state index contributed by atoms with van der Waals surface area (Å²) in [6.07, 6.45) is 0. The predicted molar refractivity (Wildman–Crippen MR) is 64.9 cm³/mol. The molecule has 1 unspecified atom stereocenters. The number of benzene rings is 2. The minimum absolute atomic E-state index is 0.495. The molecule has 0 heterocycles. The number of halogens is 1. The molecule has 4 heteroatoms. The van der Waals surface area contributed by atoms with Crippen molar-refractivity contribution in [1.29, 1.82) is 0 Å². The molecule has 0 aliphatic carbocycles. The number of rotatable bonds is 3. The Kier molecular flexibility index (Phi) is 3.59. The fraction of sp³-hybridized carbons (Fsp3) is 0. The van der Waals surface area contributed by atoms with E-state index >= 15 is 0 Å². The van der Waals surface area contributed by atoms with Gasteiger partial charge in [0.2, 0.25) is 11.1 Å². The summed E-state index contributed by atoms with van der Waals surface area (Å²) >= 11 is 4.29. The van der Waals surface area contributed by atoms with Gasteiger partial charge in [0.05, 0.1) is 4.90 Å². The van der Waals surface area contributed by atoms with Gasteiger partial charge in [-0.1, -0.05) is 35.9 Å². The molecular weight excluding hydrogens is 244 g/mol. The van der Waals surface area contributed by atoms with Crippen LogP contribution in [0.25, 0.3) is 0 Å². The van der Waals surface area contributed by atoms with Gasteiger partial charge in [0, 0.05) is 11.1 Å². The van der Waals surface area contributed by atoms with E-state index in [1.54, 1.807) is 36.4 Å². The molecule has 0 spiro atoms. The highest BCUT2D eigenvalue weighted by Gasteiger charge is 2.05. The first-order chi connectivity index (χ1) is 7.75. The molecule has 0 aliphatic heterocycles. The van der Waals surface area contributed by atoms with Gasteiger partial charge in [-0.2, -0.15) is 0 Å². The van der Waals surface area contributed by atoms with Crippen LogP contribution in [-0.2, 0) is 11.1 Å². The zero-order chi connectivity index (χ0) is 11.4. The summed E-state index contributed by atoms with van der Waals surface area (Å²) in [5.41, 5.74) is 0. The smallest absolute Gasteiger partial charge is 0.240 e. The topological polar surface area (TPSA) is 26.3 Å². The standard InChI is InChI=1S/C12H9ClO2S/c13-10-5-4-6-11(9-10)15-16(14)12-7-2-1-3-8-12/h1-9H. The maximum Gasteiger partial charge on any atom is 0.240 e. The third-order valence-electron chi connectivity index (χ3n) is 1.90. The summed E-state index contributed by atoms with van der Waals surface area (Å²) in [7, 11) is 0. The van der Waals surface area contributed by atoms with Crippen molar-refractivity contribution in [3.63, 3.8) is 0 Å². The molecule has 0 saturated heterocycles. The third kappa shape index (κ3) is 2.84. The van der Waals surface area contributed by atoms with Crippen molar-refractivity contribution in [2.45, 2.75) is 4.90 Å². The molecule has 0 radical (unpaired) electrons. The summed E-state index contributed by atoms with van der Waals surface area (Å²) in [6.45, 7) is 0. The molecule has 0 saturated carbocycles. The SMILES string of the molecule is O=S(Oc1cccc(Cl)c1)c1ccccc1. The van der Waals surface area contributed by atoms with Crippen LogP contribution < -0.4 is 4.18 Å². The average Bonchev–Trinajstić information content (AvgIpc) is 2.30. The molecule has 0 fully saturated rings. The Bertz CT molecular complexity index is 499. The van der Waals surface area contributed by atoms with Crippen LogP contribution in [0, 0.1) is 0 Å². The van der Waals surface area contributed by atoms with Gasteiger partial charge < -0.3 is 4.18 Å². The normalized spacial score (nSPS) is 12.1. The lowest BCUT2D eigenvalue weighted by atomic mass is 10.3. The first-order valence-corrected chi connectivity index (χ1v) is 6.12. The molecular formula is C12H9ClO2S. The Labute approximate surface area is 101 Å². The quantitative estimate of drug-likeness (QED) is 0.837. The van der Waals surface area contributed by atoms with E-state index in [1.807, 2.05) is 18.2 Å². The van der Waals surface area contributed by atoms with Crippen LogP contribution in [0.5, 0.6) is 5.75 Å². The second-order valence-corrected chi connectivity index (χ2v) is 4.63. The molecule has 82 valence electrons. The molecule has 0 N–H and O–H groups in total. The van der Waals surface area contributed by atoms with Crippen molar-refractivity contribution in [3.05, 3.63) is 59.6 Å². The largest absolute Gasteiger partial charge is 0.397 e. The molecule has 0 bridgehead atoms. The summed E-state index contributed by atoms with van der Waals surface area (Å²) in [5, 5.41) is 0.558. The van der Waals surface area contributed by atoms with E-state index in [4.69, 9.17) is 15.8 Å². The van der Waals surface area contributed by atoms with Crippen molar-refractivity contribution in [2.24, 2.45) is 0 Å². The van der Waals surface area contributed by atoms with E-state index in [-0.39, 0.29) is 0 Å². The molecule has 0 aliphatic rings. The Morgan fingerprint density at radius 1 is 1.00 bits per heavy atom. The summed E-state index contributed by atoms with van der Waals surface area (Å²) in [4.78, 5) is 0.627. The number of hydrogen-bond donors (Lipinski definition) is 0. The second kappa shape index (κ2) is 5.14. The van der Waals surface area contributed by atoms with Crippen LogP contribution in [0.4, 0.5) is 0 Å². The van der Waals surface area contributed by atoms with Crippen molar-refractivity contribution in [3.8, 4) is 5.75 Å². The molecule has 2 nitrogen and oxygen atoms in total. The Balaban J connectivity index is 2.14. The zero-order valence-electron chi connectivity index (χ0n) is 8.30. The van der Waals surface area contributed by atoms with E-state index < -0.39 is 11.1 Å². The van der Waals surface area contributed by atoms with E-state index in [0.717, 1.165) is 0 Å². The maximum absolute atomic E-state index is 11.8. The van der Waals surface area contributed by atoms with E-state index in [0.29, 0.717) is 15.7 Å². The molecule has 2 aromatic rings. The highest BCUT2D eigenvalue weighted by atomic mass is 35.5. The highest BCUT2D eigenvalue weighted by molar-refractivity contribution is 7.80. The Hall–Kier alpha value is -1.32. The summed E-state index contributed by atoms with van der Waals surface area (Å²) in [6, 6.07) is 15.8. The molecule has 16 heavy (non-hydrogen) atoms. The van der Waals surface area contributed by atoms with Gasteiger partial charge in [0.15, 0.2) is 0 Å². The zero-order valence-corrected chi connectivity index (χ0v) is 9.87. The Morgan fingerprint density at radius 3 is 2.44 bits per heavy atom. The minimum Gasteiger partial charge on any atom is -0.397 e.